The van der Waals surface area contributed by atoms with Crippen LogP contribution in [-0.2, 0) is 0 Å². The van der Waals surface area contributed by atoms with E-state index in [2.05, 4.69) is 12.1 Å². The third kappa shape index (κ3) is 3.54. The first-order valence-electron chi connectivity index (χ1n) is 6.76. The van der Waals surface area contributed by atoms with E-state index in [1.807, 2.05) is 54.2 Å². The molecule has 0 bridgehead atoms. The van der Waals surface area contributed by atoms with Gasteiger partial charge in [0.1, 0.15) is 11.5 Å². The van der Waals surface area contributed by atoms with Gasteiger partial charge in [0.15, 0.2) is 0 Å². The molecule has 2 aromatic rings. The number of benzene rings is 2. The molecule has 19 heavy (non-hydrogen) atoms. The molecular weight excluding hydrogens is 252 g/mol. The molecule has 0 heterocycles. The maximum absolute atomic E-state index is 5.79. The Morgan fingerprint density at radius 2 is 1.37 bits per heavy atom. The summed E-state index contributed by atoms with van der Waals surface area (Å²) in [6.45, 7) is 0. The summed E-state index contributed by atoms with van der Waals surface area (Å²) in [5.74, 6) is 1.78. The second-order valence-electron chi connectivity index (χ2n) is 4.73. The van der Waals surface area contributed by atoms with Crippen molar-refractivity contribution in [3.8, 4) is 11.5 Å². The van der Waals surface area contributed by atoms with Crippen LogP contribution in [0.25, 0.3) is 0 Å². The van der Waals surface area contributed by atoms with Crippen molar-refractivity contribution in [1.82, 2.24) is 0 Å². The van der Waals surface area contributed by atoms with Crippen LogP contribution in [0.5, 0.6) is 11.5 Å². The van der Waals surface area contributed by atoms with Crippen molar-refractivity contribution in [2.45, 2.75) is 30.6 Å². The predicted octanol–water partition coefficient (Wildman–Crippen LogP) is 5.68. The van der Waals surface area contributed by atoms with Crippen molar-refractivity contribution in [2.24, 2.45) is 0 Å². The third-order valence-corrected chi connectivity index (χ3v) is 4.43. The molecule has 97 valence electrons. The fourth-order valence-corrected chi connectivity index (χ4v) is 3.34. The summed E-state index contributed by atoms with van der Waals surface area (Å²) >= 11 is 1.93. The zero-order valence-electron chi connectivity index (χ0n) is 10.8. The van der Waals surface area contributed by atoms with Crippen LogP contribution in [0.2, 0.25) is 0 Å². The van der Waals surface area contributed by atoms with Crippen molar-refractivity contribution in [3.63, 3.8) is 0 Å². The van der Waals surface area contributed by atoms with E-state index in [9.17, 15) is 0 Å². The van der Waals surface area contributed by atoms with Gasteiger partial charge in [-0.25, -0.2) is 0 Å². The van der Waals surface area contributed by atoms with Crippen LogP contribution in [-0.4, -0.2) is 0 Å². The van der Waals surface area contributed by atoms with Gasteiger partial charge >= 0.3 is 0 Å². The highest BCUT2D eigenvalue weighted by Gasteiger charge is 2.16. The number of hydrogen-bond acceptors (Lipinski definition) is 2. The topological polar surface area (TPSA) is 9.23 Å². The third-order valence-electron chi connectivity index (χ3n) is 3.23. The Hall–Kier alpha value is -1.41. The average molecular weight is 269 g/mol. The van der Waals surface area contributed by atoms with Crippen LogP contribution in [0.3, 0.4) is 0 Å². The second-order valence-corrected chi connectivity index (χ2v) is 5.99. The fourth-order valence-electron chi connectivity index (χ4n) is 2.24. The highest BCUT2D eigenvalue weighted by atomic mass is 32.2. The van der Waals surface area contributed by atoms with Gasteiger partial charge in [-0.2, -0.15) is 0 Å². The van der Waals surface area contributed by atoms with Crippen molar-refractivity contribution < 1.29 is 4.74 Å². The van der Waals surface area contributed by atoms with Crippen LogP contribution in [0.1, 0.15) is 25.7 Å². The summed E-state index contributed by atoms with van der Waals surface area (Å²) in [6, 6.07) is 18.3. The van der Waals surface area contributed by atoms with E-state index in [4.69, 9.17) is 4.74 Å². The Labute approximate surface area is 119 Å². The normalized spacial score (nSPS) is 15.6. The lowest BCUT2D eigenvalue weighted by atomic mass is 10.3. The number of hydrogen-bond donors (Lipinski definition) is 0. The minimum Gasteiger partial charge on any atom is -0.457 e. The molecule has 2 aromatic carbocycles. The first-order chi connectivity index (χ1) is 9.40. The SMILES string of the molecule is c1ccc(Oc2ccc(S[C]3CCCC3)cc2)cc1. The Morgan fingerprint density at radius 3 is 2.05 bits per heavy atom. The van der Waals surface area contributed by atoms with Gasteiger partial charge in [-0.3, -0.25) is 0 Å². The summed E-state index contributed by atoms with van der Waals surface area (Å²) in [4.78, 5) is 1.32. The molecule has 1 fully saturated rings. The summed E-state index contributed by atoms with van der Waals surface area (Å²) in [5.41, 5.74) is 0. The molecule has 1 aliphatic rings. The number of ether oxygens (including phenoxy) is 1. The molecule has 0 amide bonds. The molecule has 1 aliphatic carbocycles. The first-order valence-corrected chi connectivity index (χ1v) is 7.57. The van der Waals surface area contributed by atoms with Crippen LogP contribution < -0.4 is 4.74 Å². The molecule has 0 aliphatic heterocycles. The van der Waals surface area contributed by atoms with E-state index < -0.39 is 0 Å². The lowest BCUT2D eigenvalue weighted by Crippen LogP contribution is -1.85. The van der Waals surface area contributed by atoms with Gasteiger partial charge in [0, 0.05) is 10.1 Å². The zero-order chi connectivity index (χ0) is 12.9. The molecule has 1 radical (unpaired) electrons. The maximum atomic E-state index is 5.79. The highest BCUT2D eigenvalue weighted by Crippen LogP contribution is 2.41. The van der Waals surface area contributed by atoms with Gasteiger partial charge in [0.05, 0.1) is 0 Å². The minimum atomic E-state index is 0.882. The van der Waals surface area contributed by atoms with E-state index in [1.165, 1.54) is 30.6 Å². The lowest BCUT2D eigenvalue weighted by molar-refractivity contribution is 0.482. The van der Waals surface area contributed by atoms with E-state index >= 15 is 0 Å². The van der Waals surface area contributed by atoms with Crippen LogP contribution >= 0.6 is 11.8 Å². The molecule has 0 spiro atoms. The van der Waals surface area contributed by atoms with Gasteiger partial charge in [-0.1, -0.05) is 31.0 Å². The Kier molecular flexibility index (Phi) is 4.09. The first kappa shape index (κ1) is 12.6. The zero-order valence-corrected chi connectivity index (χ0v) is 11.7. The fraction of sp³-hybridized carbons (Fsp3) is 0.235. The summed E-state index contributed by atoms with van der Waals surface area (Å²) in [5, 5.41) is 1.62. The Balaban J connectivity index is 1.62. The van der Waals surface area contributed by atoms with Crippen molar-refractivity contribution >= 4 is 11.8 Å². The van der Waals surface area contributed by atoms with Crippen molar-refractivity contribution in [2.75, 3.05) is 0 Å². The van der Waals surface area contributed by atoms with E-state index in [1.54, 1.807) is 5.25 Å². The number of para-hydroxylation sites is 1. The molecule has 0 unspecified atom stereocenters. The monoisotopic (exact) mass is 269 g/mol. The van der Waals surface area contributed by atoms with Crippen LogP contribution in [0.15, 0.2) is 59.5 Å². The smallest absolute Gasteiger partial charge is 0.127 e. The van der Waals surface area contributed by atoms with Gasteiger partial charge in [-0.15, -0.1) is 11.8 Å². The Morgan fingerprint density at radius 1 is 0.737 bits per heavy atom. The number of rotatable bonds is 4. The molecular formula is C17H17OS. The van der Waals surface area contributed by atoms with Crippen molar-refractivity contribution in [1.29, 1.82) is 0 Å². The number of thioether (sulfide) groups is 1. The van der Waals surface area contributed by atoms with Crippen LogP contribution in [0, 0.1) is 5.25 Å². The standard InChI is InChI=1S/C17H17OS/c1-2-6-14(7-3-1)18-15-10-12-17(13-11-15)19-16-8-4-5-9-16/h1-3,6-7,10-13H,4-5,8-9H2. The van der Waals surface area contributed by atoms with E-state index in [0.717, 1.165) is 11.5 Å². The van der Waals surface area contributed by atoms with E-state index in [-0.39, 0.29) is 0 Å². The molecule has 0 saturated heterocycles. The van der Waals surface area contributed by atoms with Crippen LogP contribution in [0.4, 0.5) is 0 Å². The molecule has 3 rings (SSSR count). The summed E-state index contributed by atoms with van der Waals surface area (Å²) in [7, 11) is 0. The maximum Gasteiger partial charge on any atom is 0.127 e. The predicted molar refractivity (Wildman–Crippen MR) is 80.5 cm³/mol. The molecule has 0 N–H and O–H groups in total. The van der Waals surface area contributed by atoms with Gasteiger partial charge in [0.2, 0.25) is 0 Å². The molecule has 0 aromatic heterocycles. The average Bonchev–Trinajstić information content (AvgIpc) is 2.95. The van der Waals surface area contributed by atoms with E-state index in [0.29, 0.717) is 0 Å². The van der Waals surface area contributed by atoms with Gasteiger partial charge < -0.3 is 4.74 Å². The summed E-state index contributed by atoms with van der Waals surface area (Å²) in [6.07, 6.45) is 5.29. The Bertz CT molecular complexity index is 501. The molecule has 2 heteroatoms. The molecule has 1 nitrogen and oxygen atoms in total. The molecule has 1 saturated carbocycles. The second kappa shape index (κ2) is 6.16. The summed E-state index contributed by atoms with van der Waals surface area (Å²) < 4.78 is 5.79. The van der Waals surface area contributed by atoms with Crippen molar-refractivity contribution in [3.05, 3.63) is 59.8 Å². The van der Waals surface area contributed by atoms with Gasteiger partial charge in [0.25, 0.3) is 0 Å². The lowest BCUT2D eigenvalue weighted by Gasteiger charge is -2.09. The van der Waals surface area contributed by atoms with Gasteiger partial charge in [-0.05, 0) is 49.2 Å². The quantitative estimate of drug-likeness (QED) is 0.706. The highest BCUT2D eigenvalue weighted by molar-refractivity contribution is 8.02. The minimum absolute atomic E-state index is 0.882. The molecule has 0 atom stereocenters. The largest absolute Gasteiger partial charge is 0.457 e.